The third-order valence-electron chi connectivity index (χ3n) is 3.20. The van der Waals surface area contributed by atoms with Gasteiger partial charge in [0.2, 0.25) is 0 Å². The lowest BCUT2D eigenvalue weighted by molar-refractivity contribution is -0.122. The molecule has 0 aromatic heterocycles. The summed E-state index contributed by atoms with van der Waals surface area (Å²) in [5.41, 5.74) is 1.80. The number of benzene rings is 2. The molecule has 0 unspecified atom stereocenters. The van der Waals surface area contributed by atoms with Gasteiger partial charge in [-0.15, -0.1) is 0 Å². The molecule has 1 atom stereocenters. The van der Waals surface area contributed by atoms with Gasteiger partial charge in [0.25, 0.3) is 5.91 Å². The first-order chi connectivity index (χ1) is 10.6. The third-order valence-corrected chi connectivity index (χ3v) is 3.20. The number of rotatable bonds is 2. The van der Waals surface area contributed by atoms with Crippen LogP contribution in [-0.2, 0) is 4.79 Å². The van der Waals surface area contributed by atoms with E-state index in [0.717, 1.165) is 0 Å². The lowest BCUT2D eigenvalue weighted by Crippen LogP contribution is -2.34. The van der Waals surface area contributed by atoms with Crippen LogP contribution in [0.5, 0.6) is 5.75 Å². The number of fused-ring (bicyclic) bond motifs is 1. The van der Waals surface area contributed by atoms with Crippen molar-refractivity contribution in [3.63, 3.8) is 0 Å². The van der Waals surface area contributed by atoms with Crippen molar-refractivity contribution in [1.82, 2.24) is 0 Å². The molecule has 0 saturated carbocycles. The number of urea groups is 1. The van der Waals surface area contributed by atoms with Crippen LogP contribution in [0.2, 0.25) is 0 Å². The van der Waals surface area contributed by atoms with E-state index in [0.29, 0.717) is 22.8 Å². The van der Waals surface area contributed by atoms with Gasteiger partial charge in [-0.3, -0.25) is 4.79 Å². The third kappa shape index (κ3) is 3.01. The van der Waals surface area contributed by atoms with E-state index in [2.05, 4.69) is 16.0 Å². The largest absolute Gasteiger partial charge is 0.479 e. The zero-order chi connectivity index (χ0) is 15.5. The number of nitrogens with one attached hydrogen (secondary N) is 3. The van der Waals surface area contributed by atoms with Crippen molar-refractivity contribution < 1.29 is 14.3 Å². The number of amides is 3. The highest BCUT2D eigenvalue weighted by atomic mass is 16.5. The Balaban J connectivity index is 1.70. The normalized spacial score (nSPS) is 16.0. The molecule has 1 aliphatic rings. The molecule has 3 rings (SSSR count). The maximum Gasteiger partial charge on any atom is 0.323 e. The van der Waals surface area contributed by atoms with Crippen LogP contribution >= 0.6 is 0 Å². The van der Waals surface area contributed by atoms with Crippen molar-refractivity contribution in [3.05, 3.63) is 48.5 Å². The fraction of sp³-hybridized carbons (Fsp3) is 0.125. The minimum absolute atomic E-state index is 0.210. The van der Waals surface area contributed by atoms with Crippen LogP contribution in [0.1, 0.15) is 6.92 Å². The summed E-state index contributed by atoms with van der Waals surface area (Å²) >= 11 is 0. The standard InChI is InChI=1S/C16H15N3O3/c1-10-15(20)19-13-9-12(7-8-14(13)22-10)18-16(21)17-11-5-3-2-4-6-11/h2-10H,1H3,(H,19,20)(H2,17,18,21)/t10-/m1/s1. The average Bonchev–Trinajstić information content (AvgIpc) is 2.49. The first-order valence-corrected chi connectivity index (χ1v) is 6.86. The van der Waals surface area contributed by atoms with Gasteiger partial charge in [-0.05, 0) is 37.3 Å². The Morgan fingerprint density at radius 2 is 1.82 bits per heavy atom. The zero-order valence-electron chi connectivity index (χ0n) is 11.9. The maximum absolute atomic E-state index is 11.9. The van der Waals surface area contributed by atoms with Gasteiger partial charge in [0.05, 0.1) is 5.69 Å². The van der Waals surface area contributed by atoms with E-state index in [4.69, 9.17) is 4.74 Å². The summed E-state index contributed by atoms with van der Waals surface area (Å²) in [6.07, 6.45) is -0.521. The zero-order valence-corrected chi connectivity index (χ0v) is 11.9. The average molecular weight is 297 g/mol. The Kier molecular flexibility index (Phi) is 3.65. The molecular weight excluding hydrogens is 282 g/mol. The van der Waals surface area contributed by atoms with Gasteiger partial charge in [0, 0.05) is 11.4 Å². The summed E-state index contributed by atoms with van der Waals surface area (Å²) in [5, 5.41) is 8.16. The minimum Gasteiger partial charge on any atom is -0.479 e. The van der Waals surface area contributed by atoms with Gasteiger partial charge in [0.15, 0.2) is 6.10 Å². The molecule has 0 saturated heterocycles. The van der Waals surface area contributed by atoms with Gasteiger partial charge in [-0.2, -0.15) is 0 Å². The maximum atomic E-state index is 11.9. The molecule has 3 amide bonds. The molecule has 1 heterocycles. The predicted molar refractivity (Wildman–Crippen MR) is 84.2 cm³/mol. The number of hydrogen-bond acceptors (Lipinski definition) is 3. The monoisotopic (exact) mass is 297 g/mol. The molecule has 22 heavy (non-hydrogen) atoms. The molecule has 3 N–H and O–H groups in total. The molecule has 0 spiro atoms. The molecule has 0 fully saturated rings. The second-order valence-corrected chi connectivity index (χ2v) is 4.91. The van der Waals surface area contributed by atoms with Crippen LogP contribution in [0.3, 0.4) is 0 Å². The molecular formula is C16H15N3O3. The van der Waals surface area contributed by atoms with Crippen molar-refractivity contribution in [2.45, 2.75) is 13.0 Å². The van der Waals surface area contributed by atoms with Crippen molar-refractivity contribution >= 4 is 29.0 Å². The van der Waals surface area contributed by atoms with Crippen LogP contribution in [0, 0.1) is 0 Å². The highest BCUT2D eigenvalue weighted by Crippen LogP contribution is 2.32. The Bertz CT molecular complexity index is 716. The molecule has 112 valence electrons. The topological polar surface area (TPSA) is 79.5 Å². The number of anilines is 3. The molecule has 1 aliphatic heterocycles. The fourth-order valence-electron chi connectivity index (χ4n) is 2.10. The summed E-state index contributed by atoms with van der Waals surface area (Å²) in [5.74, 6) is 0.375. The van der Waals surface area contributed by atoms with Crippen LogP contribution in [-0.4, -0.2) is 18.0 Å². The SMILES string of the molecule is C[C@H]1Oc2ccc(NC(=O)Nc3ccccc3)cc2NC1=O. The number of hydrogen-bond donors (Lipinski definition) is 3. The van der Waals surface area contributed by atoms with Gasteiger partial charge < -0.3 is 20.7 Å². The Morgan fingerprint density at radius 3 is 2.59 bits per heavy atom. The Morgan fingerprint density at radius 1 is 1.09 bits per heavy atom. The van der Waals surface area contributed by atoms with E-state index in [9.17, 15) is 9.59 Å². The van der Waals surface area contributed by atoms with E-state index < -0.39 is 6.10 Å². The summed E-state index contributed by atoms with van der Waals surface area (Å²) in [7, 11) is 0. The van der Waals surface area contributed by atoms with E-state index in [1.165, 1.54) is 0 Å². The van der Waals surface area contributed by atoms with Gasteiger partial charge in [0.1, 0.15) is 5.75 Å². The van der Waals surface area contributed by atoms with Crippen LogP contribution in [0.25, 0.3) is 0 Å². The van der Waals surface area contributed by atoms with E-state index in [-0.39, 0.29) is 11.9 Å². The number of ether oxygens (including phenoxy) is 1. The molecule has 2 aromatic carbocycles. The molecule has 0 aliphatic carbocycles. The van der Waals surface area contributed by atoms with Crippen molar-refractivity contribution in [2.75, 3.05) is 16.0 Å². The lowest BCUT2D eigenvalue weighted by atomic mass is 10.2. The quantitative estimate of drug-likeness (QED) is 0.797. The summed E-state index contributed by atoms with van der Waals surface area (Å²) in [6, 6.07) is 13.9. The predicted octanol–water partition coefficient (Wildman–Crippen LogP) is 3.05. The molecule has 0 radical (unpaired) electrons. The second kappa shape index (κ2) is 5.77. The van der Waals surface area contributed by atoms with E-state index in [1.54, 1.807) is 37.3 Å². The van der Waals surface area contributed by atoms with Crippen molar-refractivity contribution in [3.8, 4) is 5.75 Å². The molecule has 6 heteroatoms. The van der Waals surface area contributed by atoms with Gasteiger partial charge in [-0.25, -0.2) is 4.79 Å². The Hall–Kier alpha value is -3.02. The molecule has 2 aromatic rings. The van der Waals surface area contributed by atoms with Gasteiger partial charge in [-0.1, -0.05) is 18.2 Å². The van der Waals surface area contributed by atoms with E-state index in [1.807, 2.05) is 18.2 Å². The number of carbonyl (C=O) groups is 2. The number of carbonyl (C=O) groups excluding carboxylic acids is 2. The first kappa shape index (κ1) is 13.9. The summed E-state index contributed by atoms with van der Waals surface area (Å²) < 4.78 is 5.46. The first-order valence-electron chi connectivity index (χ1n) is 6.86. The second-order valence-electron chi connectivity index (χ2n) is 4.91. The highest BCUT2D eigenvalue weighted by Gasteiger charge is 2.23. The van der Waals surface area contributed by atoms with Crippen molar-refractivity contribution in [2.24, 2.45) is 0 Å². The Labute approximate surface area is 127 Å². The minimum atomic E-state index is -0.521. The van der Waals surface area contributed by atoms with Crippen LogP contribution in [0.4, 0.5) is 21.9 Å². The van der Waals surface area contributed by atoms with Crippen LogP contribution < -0.4 is 20.7 Å². The van der Waals surface area contributed by atoms with E-state index >= 15 is 0 Å². The summed E-state index contributed by atoms with van der Waals surface area (Å²) in [6.45, 7) is 1.68. The number of para-hydroxylation sites is 1. The fourth-order valence-corrected chi connectivity index (χ4v) is 2.10. The lowest BCUT2D eigenvalue weighted by Gasteiger charge is -2.23. The molecule has 0 bridgehead atoms. The highest BCUT2D eigenvalue weighted by molar-refractivity contribution is 6.02. The van der Waals surface area contributed by atoms with Crippen molar-refractivity contribution in [1.29, 1.82) is 0 Å². The molecule has 6 nitrogen and oxygen atoms in total. The summed E-state index contributed by atoms with van der Waals surface area (Å²) in [4.78, 5) is 23.5. The smallest absolute Gasteiger partial charge is 0.323 e. The van der Waals surface area contributed by atoms with Gasteiger partial charge >= 0.3 is 6.03 Å². The van der Waals surface area contributed by atoms with Crippen LogP contribution in [0.15, 0.2) is 48.5 Å².